The quantitative estimate of drug-likeness (QED) is 0.604. The number of aromatic nitrogens is 2. The van der Waals surface area contributed by atoms with Crippen molar-refractivity contribution in [2.75, 3.05) is 4.90 Å². The lowest BCUT2D eigenvalue weighted by Crippen LogP contribution is -2.36. The van der Waals surface area contributed by atoms with E-state index >= 15 is 0 Å². The SMILES string of the molecule is Cc1cnc(CC2=CSC(N)N2c2ncc(Br)cc2Oc2ccccc2)o1. The standard InChI is InChI=1S/C19H17BrN4O2S/c1-12-9-22-17(25-12)8-14-11-27-19(21)24(14)18-16(7-13(20)10-23-18)26-15-5-3-2-4-6-15/h2-7,9-11,19H,8,21H2,1H3. The second kappa shape index (κ2) is 7.75. The Balaban J connectivity index is 1.67. The number of allylic oxidation sites excluding steroid dienone is 1. The van der Waals surface area contributed by atoms with E-state index in [9.17, 15) is 0 Å². The number of oxazole rings is 1. The number of thioether (sulfide) groups is 1. The Bertz CT molecular complexity index is 977. The molecule has 6 nitrogen and oxygen atoms in total. The maximum Gasteiger partial charge on any atom is 0.200 e. The molecule has 8 heteroatoms. The van der Waals surface area contributed by atoms with Crippen LogP contribution in [0.2, 0.25) is 0 Å². The Morgan fingerprint density at radius 1 is 1.26 bits per heavy atom. The molecule has 2 N–H and O–H groups in total. The number of hydrogen-bond acceptors (Lipinski definition) is 7. The zero-order chi connectivity index (χ0) is 18.8. The van der Waals surface area contributed by atoms with Crippen molar-refractivity contribution in [1.29, 1.82) is 0 Å². The summed E-state index contributed by atoms with van der Waals surface area (Å²) in [6.07, 6.45) is 3.97. The van der Waals surface area contributed by atoms with Gasteiger partial charge in [-0.05, 0) is 40.4 Å². The first-order valence-corrected chi connectivity index (χ1v) is 10.0. The van der Waals surface area contributed by atoms with E-state index < -0.39 is 0 Å². The molecule has 0 radical (unpaired) electrons. The zero-order valence-electron chi connectivity index (χ0n) is 14.5. The Morgan fingerprint density at radius 3 is 2.81 bits per heavy atom. The molecule has 2 aromatic heterocycles. The third-order valence-corrected chi connectivity index (χ3v) is 5.24. The summed E-state index contributed by atoms with van der Waals surface area (Å²) in [6.45, 7) is 1.87. The van der Waals surface area contributed by atoms with Crippen LogP contribution in [0.4, 0.5) is 5.82 Å². The van der Waals surface area contributed by atoms with E-state index in [1.54, 1.807) is 12.4 Å². The average molecular weight is 445 g/mol. The normalized spacial score (nSPS) is 16.5. The van der Waals surface area contributed by atoms with Gasteiger partial charge in [0.1, 0.15) is 17.0 Å². The molecule has 0 spiro atoms. The topological polar surface area (TPSA) is 77.4 Å². The van der Waals surface area contributed by atoms with Crippen LogP contribution in [0, 0.1) is 6.92 Å². The highest BCUT2D eigenvalue weighted by atomic mass is 79.9. The number of ether oxygens (including phenoxy) is 1. The number of hydrogen-bond donors (Lipinski definition) is 1. The summed E-state index contributed by atoms with van der Waals surface area (Å²) in [4.78, 5) is 10.8. The number of anilines is 1. The van der Waals surface area contributed by atoms with Gasteiger partial charge in [0, 0.05) is 22.4 Å². The second-order valence-electron chi connectivity index (χ2n) is 5.94. The van der Waals surface area contributed by atoms with Gasteiger partial charge in [-0.3, -0.25) is 0 Å². The van der Waals surface area contributed by atoms with Crippen LogP contribution < -0.4 is 15.4 Å². The second-order valence-corrected chi connectivity index (χ2v) is 7.84. The zero-order valence-corrected chi connectivity index (χ0v) is 16.9. The van der Waals surface area contributed by atoms with Crippen LogP contribution in [-0.4, -0.2) is 15.5 Å². The van der Waals surface area contributed by atoms with E-state index in [1.165, 1.54) is 11.8 Å². The minimum Gasteiger partial charge on any atom is -0.453 e. The van der Waals surface area contributed by atoms with E-state index in [0.29, 0.717) is 23.9 Å². The van der Waals surface area contributed by atoms with Gasteiger partial charge < -0.3 is 19.8 Å². The minimum absolute atomic E-state index is 0.303. The highest BCUT2D eigenvalue weighted by Gasteiger charge is 2.30. The lowest BCUT2D eigenvalue weighted by Gasteiger charge is -2.26. The van der Waals surface area contributed by atoms with Crippen LogP contribution >= 0.6 is 27.7 Å². The summed E-state index contributed by atoms with van der Waals surface area (Å²) in [5, 5.41) is 2.01. The molecular formula is C19H17BrN4O2S. The van der Waals surface area contributed by atoms with Gasteiger partial charge in [-0.15, -0.1) is 0 Å². The molecule has 3 aromatic rings. The van der Waals surface area contributed by atoms with E-state index in [0.717, 1.165) is 21.7 Å². The van der Waals surface area contributed by atoms with Crippen molar-refractivity contribution in [3.8, 4) is 11.5 Å². The van der Waals surface area contributed by atoms with E-state index in [-0.39, 0.29) is 5.50 Å². The maximum atomic E-state index is 6.34. The van der Waals surface area contributed by atoms with E-state index in [4.69, 9.17) is 14.9 Å². The fourth-order valence-corrected chi connectivity index (χ4v) is 3.90. The molecule has 0 bridgehead atoms. The predicted molar refractivity (Wildman–Crippen MR) is 110 cm³/mol. The van der Waals surface area contributed by atoms with Gasteiger partial charge >= 0.3 is 0 Å². The van der Waals surface area contributed by atoms with Crippen LogP contribution in [0.3, 0.4) is 0 Å². The lowest BCUT2D eigenvalue weighted by atomic mass is 10.3. The molecule has 0 saturated carbocycles. The van der Waals surface area contributed by atoms with Crippen molar-refractivity contribution in [1.82, 2.24) is 9.97 Å². The largest absolute Gasteiger partial charge is 0.453 e. The summed E-state index contributed by atoms with van der Waals surface area (Å²) >= 11 is 4.99. The third-order valence-electron chi connectivity index (χ3n) is 3.91. The predicted octanol–water partition coefficient (Wildman–Crippen LogP) is 4.81. The molecule has 0 amide bonds. The summed E-state index contributed by atoms with van der Waals surface area (Å²) in [5.74, 6) is 3.41. The fraction of sp³-hybridized carbons (Fsp3) is 0.158. The molecule has 0 fully saturated rings. The molecule has 1 aliphatic heterocycles. The van der Waals surface area contributed by atoms with Crippen molar-refractivity contribution < 1.29 is 9.15 Å². The molecule has 1 aromatic carbocycles. The van der Waals surface area contributed by atoms with Crippen LogP contribution in [0.15, 0.2) is 68.8 Å². The van der Waals surface area contributed by atoms with Gasteiger partial charge in [-0.25, -0.2) is 9.97 Å². The smallest absolute Gasteiger partial charge is 0.200 e. The molecule has 4 rings (SSSR count). The van der Waals surface area contributed by atoms with Crippen molar-refractivity contribution in [2.24, 2.45) is 5.73 Å². The van der Waals surface area contributed by atoms with Gasteiger partial charge in [-0.2, -0.15) is 0 Å². The van der Waals surface area contributed by atoms with Crippen LogP contribution in [0.5, 0.6) is 11.5 Å². The Hall–Kier alpha value is -2.29. The van der Waals surface area contributed by atoms with Gasteiger partial charge in [0.05, 0.1) is 12.6 Å². The molecule has 0 aliphatic carbocycles. The van der Waals surface area contributed by atoms with Crippen molar-refractivity contribution in [3.05, 3.63) is 76.0 Å². The summed E-state index contributed by atoms with van der Waals surface area (Å²) in [6, 6.07) is 11.5. The minimum atomic E-state index is -0.303. The van der Waals surface area contributed by atoms with Gasteiger partial charge in [0.2, 0.25) is 0 Å². The summed E-state index contributed by atoms with van der Waals surface area (Å²) in [7, 11) is 0. The monoisotopic (exact) mass is 444 g/mol. The van der Waals surface area contributed by atoms with E-state index in [1.807, 2.05) is 53.6 Å². The highest BCUT2D eigenvalue weighted by Crippen LogP contribution is 2.40. The molecule has 27 heavy (non-hydrogen) atoms. The fourth-order valence-electron chi connectivity index (χ4n) is 2.74. The number of pyridine rings is 1. The van der Waals surface area contributed by atoms with Crippen LogP contribution in [0.1, 0.15) is 11.7 Å². The van der Waals surface area contributed by atoms with Crippen LogP contribution in [0.25, 0.3) is 0 Å². The van der Waals surface area contributed by atoms with Crippen molar-refractivity contribution >= 4 is 33.5 Å². The number of benzene rings is 1. The molecule has 138 valence electrons. The first-order valence-electron chi connectivity index (χ1n) is 8.29. The van der Waals surface area contributed by atoms with E-state index in [2.05, 4.69) is 25.9 Å². The molecule has 3 heterocycles. The first-order chi connectivity index (χ1) is 13.1. The lowest BCUT2D eigenvalue weighted by molar-refractivity contribution is 0.473. The molecule has 0 saturated heterocycles. The average Bonchev–Trinajstić information content (AvgIpc) is 3.22. The molecular weight excluding hydrogens is 428 g/mol. The van der Waals surface area contributed by atoms with Crippen LogP contribution in [-0.2, 0) is 6.42 Å². The summed E-state index contributed by atoms with van der Waals surface area (Å²) in [5.41, 5.74) is 7.00. The van der Waals surface area contributed by atoms with Gasteiger partial charge in [-0.1, -0.05) is 30.0 Å². The van der Waals surface area contributed by atoms with Gasteiger partial charge in [0.25, 0.3) is 0 Å². The number of halogens is 1. The molecule has 1 aliphatic rings. The van der Waals surface area contributed by atoms with Crippen molar-refractivity contribution in [2.45, 2.75) is 18.8 Å². The number of para-hydroxylation sites is 1. The number of aryl methyl sites for hydroxylation is 1. The molecule has 1 atom stereocenters. The number of rotatable bonds is 5. The third kappa shape index (κ3) is 4.02. The Kier molecular flexibility index (Phi) is 5.20. The number of nitrogens with two attached hydrogens (primary N) is 1. The Morgan fingerprint density at radius 2 is 2.07 bits per heavy atom. The van der Waals surface area contributed by atoms with Gasteiger partial charge in [0.15, 0.2) is 17.5 Å². The highest BCUT2D eigenvalue weighted by molar-refractivity contribution is 9.10. The number of nitrogens with zero attached hydrogens (tertiary/aromatic N) is 3. The molecule has 1 unspecified atom stereocenters. The summed E-state index contributed by atoms with van der Waals surface area (Å²) < 4.78 is 12.5. The van der Waals surface area contributed by atoms with Crippen molar-refractivity contribution in [3.63, 3.8) is 0 Å². The Labute approximate surface area is 169 Å². The first kappa shape index (κ1) is 18.1. The maximum absolute atomic E-state index is 6.34.